The first kappa shape index (κ1) is 16.8. The SMILES string of the molecule is CC(C(=O)N1C[C@H]2CN(CC(=O)Nc3ccon3)C[C@H]2C1)n1cccn1. The summed E-state index contributed by atoms with van der Waals surface area (Å²) < 4.78 is 6.40. The predicted molar refractivity (Wildman–Crippen MR) is 92.1 cm³/mol. The van der Waals surface area contributed by atoms with Crippen molar-refractivity contribution in [3.05, 3.63) is 30.8 Å². The minimum Gasteiger partial charge on any atom is -0.363 e. The van der Waals surface area contributed by atoms with Crippen molar-refractivity contribution in [1.29, 1.82) is 0 Å². The van der Waals surface area contributed by atoms with E-state index in [2.05, 4.69) is 20.5 Å². The van der Waals surface area contributed by atoms with Crippen molar-refractivity contribution in [1.82, 2.24) is 24.7 Å². The Labute approximate surface area is 150 Å². The Morgan fingerprint density at radius 2 is 2.08 bits per heavy atom. The molecule has 2 amide bonds. The Morgan fingerprint density at radius 3 is 2.69 bits per heavy atom. The van der Waals surface area contributed by atoms with Gasteiger partial charge in [-0.25, -0.2) is 0 Å². The molecule has 0 saturated carbocycles. The van der Waals surface area contributed by atoms with Crippen LogP contribution in [0.25, 0.3) is 0 Å². The topological polar surface area (TPSA) is 96.5 Å². The van der Waals surface area contributed by atoms with E-state index < -0.39 is 0 Å². The maximum atomic E-state index is 12.7. The van der Waals surface area contributed by atoms with Crippen molar-refractivity contribution in [2.45, 2.75) is 13.0 Å². The number of nitrogens with one attached hydrogen (secondary N) is 1. The van der Waals surface area contributed by atoms with E-state index in [1.165, 1.54) is 6.26 Å². The zero-order valence-corrected chi connectivity index (χ0v) is 14.6. The highest BCUT2D eigenvalue weighted by Crippen LogP contribution is 2.32. The maximum Gasteiger partial charge on any atom is 0.247 e. The molecule has 2 saturated heterocycles. The van der Waals surface area contributed by atoms with Gasteiger partial charge < -0.3 is 14.7 Å². The summed E-state index contributed by atoms with van der Waals surface area (Å²) in [6, 6.07) is 3.15. The van der Waals surface area contributed by atoms with Crippen LogP contribution in [-0.2, 0) is 9.59 Å². The Bertz CT molecular complexity index is 746. The van der Waals surface area contributed by atoms with E-state index in [1.54, 1.807) is 16.9 Å². The molecule has 2 aromatic rings. The third-order valence-corrected chi connectivity index (χ3v) is 5.23. The lowest BCUT2D eigenvalue weighted by Crippen LogP contribution is -2.38. The standard InChI is InChI=1S/C17H22N6O3/c1-12(23-5-2-4-18-23)17(25)22-9-13-7-21(8-14(13)10-22)11-16(24)19-15-3-6-26-20-15/h2-6,12-14H,7-11H2,1H3,(H,19,20,24)/t12?,13-,14+. The van der Waals surface area contributed by atoms with Crippen molar-refractivity contribution in [3.63, 3.8) is 0 Å². The number of aromatic nitrogens is 3. The molecule has 4 heterocycles. The zero-order chi connectivity index (χ0) is 18.1. The van der Waals surface area contributed by atoms with E-state index in [-0.39, 0.29) is 17.9 Å². The lowest BCUT2D eigenvalue weighted by Gasteiger charge is -2.24. The largest absolute Gasteiger partial charge is 0.363 e. The summed E-state index contributed by atoms with van der Waals surface area (Å²) in [7, 11) is 0. The number of anilines is 1. The summed E-state index contributed by atoms with van der Waals surface area (Å²) in [6.07, 6.45) is 4.92. The molecule has 0 aromatic carbocycles. The average molecular weight is 358 g/mol. The fourth-order valence-electron chi connectivity index (χ4n) is 3.95. The number of carbonyl (C=O) groups is 2. The van der Waals surface area contributed by atoms with Crippen LogP contribution in [0.15, 0.2) is 35.3 Å². The molecular formula is C17H22N6O3. The third kappa shape index (κ3) is 3.34. The molecule has 1 unspecified atom stereocenters. The Morgan fingerprint density at radius 1 is 1.31 bits per heavy atom. The van der Waals surface area contributed by atoms with Crippen LogP contribution in [0.3, 0.4) is 0 Å². The van der Waals surface area contributed by atoms with Gasteiger partial charge in [0.25, 0.3) is 0 Å². The average Bonchev–Trinajstić information content (AvgIpc) is 3.37. The summed E-state index contributed by atoms with van der Waals surface area (Å²) in [5.74, 6) is 1.28. The van der Waals surface area contributed by atoms with Gasteiger partial charge in [0.05, 0.1) is 6.54 Å². The molecule has 26 heavy (non-hydrogen) atoms. The number of rotatable bonds is 5. The first-order chi connectivity index (χ1) is 12.6. The normalized spacial score (nSPS) is 23.8. The monoisotopic (exact) mass is 358 g/mol. The molecule has 9 heteroatoms. The van der Waals surface area contributed by atoms with Crippen LogP contribution in [0.1, 0.15) is 13.0 Å². The molecule has 0 bridgehead atoms. The summed E-state index contributed by atoms with van der Waals surface area (Å²) in [5.41, 5.74) is 0. The van der Waals surface area contributed by atoms with Crippen molar-refractivity contribution in [2.75, 3.05) is 38.0 Å². The Balaban J connectivity index is 1.27. The molecule has 2 aliphatic heterocycles. The summed E-state index contributed by atoms with van der Waals surface area (Å²) in [6.45, 7) is 5.36. The minimum atomic E-state index is -0.284. The second kappa shape index (κ2) is 6.91. The van der Waals surface area contributed by atoms with Gasteiger partial charge in [-0.2, -0.15) is 5.10 Å². The van der Waals surface area contributed by atoms with Crippen molar-refractivity contribution in [3.8, 4) is 0 Å². The second-order valence-corrected chi connectivity index (χ2v) is 7.05. The van der Waals surface area contributed by atoms with Gasteiger partial charge in [-0.15, -0.1) is 0 Å². The van der Waals surface area contributed by atoms with Crippen molar-refractivity contribution >= 4 is 17.6 Å². The molecule has 2 aromatic heterocycles. The molecular weight excluding hydrogens is 336 g/mol. The molecule has 138 valence electrons. The fourth-order valence-corrected chi connectivity index (χ4v) is 3.95. The third-order valence-electron chi connectivity index (χ3n) is 5.23. The van der Waals surface area contributed by atoms with E-state index in [1.807, 2.05) is 24.1 Å². The molecule has 0 aliphatic carbocycles. The number of amides is 2. The molecule has 1 N–H and O–H groups in total. The molecule has 2 aliphatic rings. The highest BCUT2D eigenvalue weighted by molar-refractivity contribution is 5.91. The lowest BCUT2D eigenvalue weighted by atomic mass is 10.0. The van der Waals surface area contributed by atoms with Crippen LogP contribution < -0.4 is 5.32 Å². The number of likely N-dealkylation sites (tertiary alicyclic amines) is 2. The first-order valence-electron chi connectivity index (χ1n) is 8.80. The molecule has 2 fully saturated rings. The number of fused-ring (bicyclic) bond motifs is 1. The van der Waals surface area contributed by atoms with E-state index in [9.17, 15) is 9.59 Å². The first-order valence-corrected chi connectivity index (χ1v) is 8.80. The molecule has 3 atom stereocenters. The molecule has 0 radical (unpaired) electrons. The lowest BCUT2D eigenvalue weighted by molar-refractivity contribution is -0.134. The van der Waals surface area contributed by atoms with E-state index in [0.29, 0.717) is 24.2 Å². The second-order valence-electron chi connectivity index (χ2n) is 7.05. The van der Waals surface area contributed by atoms with Crippen molar-refractivity contribution in [2.24, 2.45) is 11.8 Å². The molecule has 9 nitrogen and oxygen atoms in total. The Kier molecular flexibility index (Phi) is 4.46. The van der Waals surface area contributed by atoms with Crippen LogP contribution in [0.2, 0.25) is 0 Å². The maximum absolute atomic E-state index is 12.7. The van der Waals surface area contributed by atoms with Crippen molar-refractivity contribution < 1.29 is 14.1 Å². The minimum absolute atomic E-state index is 0.0980. The van der Waals surface area contributed by atoms with Gasteiger partial charge in [-0.05, 0) is 24.8 Å². The van der Waals surface area contributed by atoms with Gasteiger partial charge in [0.1, 0.15) is 12.3 Å². The number of carbonyl (C=O) groups excluding carboxylic acids is 2. The summed E-state index contributed by atoms with van der Waals surface area (Å²) in [5, 5.41) is 10.6. The highest BCUT2D eigenvalue weighted by Gasteiger charge is 2.42. The molecule has 0 spiro atoms. The van der Waals surface area contributed by atoms with Gasteiger partial charge in [0, 0.05) is 44.6 Å². The predicted octanol–water partition coefficient (Wildman–Crippen LogP) is 0.461. The Hall–Kier alpha value is -2.68. The fraction of sp³-hybridized carbons (Fsp3) is 0.529. The van der Waals surface area contributed by atoms with Gasteiger partial charge in [0.15, 0.2) is 5.82 Å². The summed E-state index contributed by atoms with van der Waals surface area (Å²) >= 11 is 0. The van der Waals surface area contributed by atoms with E-state index >= 15 is 0 Å². The smallest absolute Gasteiger partial charge is 0.247 e. The highest BCUT2D eigenvalue weighted by atomic mass is 16.5. The number of nitrogens with zero attached hydrogens (tertiary/aromatic N) is 5. The van der Waals surface area contributed by atoms with Gasteiger partial charge >= 0.3 is 0 Å². The zero-order valence-electron chi connectivity index (χ0n) is 14.6. The van der Waals surface area contributed by atoms with Crippen LogP contribution >= 0.6 is 0 Å². The van der Waals surface area contributed by atoms with Crippen LogP contribution in [0, 0.1) is 11.8 Å². The summed E-state index contributed by atoms with van der Waals surface area (Å²) in [4.78, 5) is 28.8. The van der Waals surface area contributed by atoms with Gasteiger partial charge in [0.2, 0.25) is 11.8 Å². The van der Waals surface area contributed by atoms with Gasteiger partial charge in [-0.3, -0.25) is 19.2 Å². The van der Waals surface area contributed by atoms with Gasteiger partial charge in [-0.1, -0.05) is 5.16 Å². The molecule has 4 rings (SSSR count). The van der Waals surface area contributed by atoms with Crippen LogP contribution in [0.4, 0.5) is 5.82 Å². The van der Waals surface area contributed by atoms with Crippen LogP contribution in [0.5, 0.6) is 0 Å². The number of hydrogen-bond donors (Lipinski definition) is 1. The van der Waals surface area contributed by atoms with E-state index in [0.717, 1.165) is 26.2 Å². The van der Waals surface area contributed by atoms with E-state index in [4.69, 9.17) is 4.52 Å². The van der Waals surface area contributed by atoms with Crippen LogP contribution in [-0.4, -0.2) is 69.3 Å². The quantitative estimate of drug-likeness (QED) is 0.834. The number of hydrogen-bond acceptors (Lipinski definition) is 6.